The van der Waals surface area contributed by atoms with Crippen molar-refractivity contribution in [3.63, 3.8) is 0 Å². The summed E-state index contributed by atoms with van der Waals surface area (Å²) in [7, 11) is 0. The van der Waals surface area contributed by atoms with Gasteiger partial charge in [0.2, 0.25) is 5.28 Å². The summed E-state index contributed by atoms with van der Waals surface area (Å²) in [6.45, 7) is 0.732. The van der Waals surface area contributed by atoms with Crippen LogP contribution in [0.1, 0.15) is 30.1 Å². The second-order valence-corrected chi connectivity index (χ2v) is 5.26. The second-order valence-electron chi connectivity index (χ2n) is 5.26. The van der Waals surface area contributed by atoms with E-state index in [0.29, 0.717) is 12.8 Å². The number of hydrogen-bond acceptors (Lipinski definition) is 8. The van der Waals surface area contributed by atoms with Gasteiger partial charge in [-0.2, -0.15) is 0 Å². The van der Waals surface area contributed by atoms with Crippen molar-refractivity contribution in [1.29, 1.82) is 0 Å². The topological polar surface area (TPSA) is 141 Å². The molecule has 1 aliphatic heterocycles. The van der Waals surface area contributed by atoms with E-state index in [1.54, 1.807) is 12.1 Å². The summed E-state index contributed by atoms with van der Waals surface area (Å²) in [4.78, 5) is 38.6. The molecule has 1 N–H and O–H groups in total. The van der Waals surface area contributed by atoms with Gasteiger partial charge in [0.05, 0.1) is 11.5 Å². The van der Waals surface area contributed by atoms with Gasteiger partial charge < -0.3 is 24.6 Å². The number of aliphatic carboxylic acids is 1. The Labute approximate surface area is 147 Å². The fourth-order valence-electron chi connectivity index (χ4n) is 2.36. The summed E-state index contributed by atoms with van der Waals surface area (Å²) < 4.78 is 9.68. The lowest BCUT2D eigenvalue weighted by molar-refractivity contribution is -0.712. The molecule has 26 heavy (non-hydrogen) atoms. The van der Waals surface area contributed by atoms with Crippen molar-refractivity contribution in [2.45, 2.75) is 25.8 Å². The highest BCUT2D eigenvalue weighted by Gasteiger charge is 2.36. The van der Waals surface area contributed by atoms with Crippen molar-refractivity contribution in [2.75, 3.05) is 13.3 Å². The van der Waals surface area contributed by atoms with E-state index >= 15 is 0 Å². The number of esters is 2. The monoisotopic (exact) mass is 367 g/mol. The van der Waals surface area contributed by atoms with E-state index < -0.39 is 30.7 Å². The smallest absolute Gasteiger partial charge is 0.344 e. The van der Waals surface area contributed by atoms with E-state index in [1.165, 1.54) is 19.1 Å². The normalized spacial score (nSPS) is 16.9. The van der Waals surface area contributed by atoms with Gasteiger partial charge in [-0.1, -0.05) is 12.1 Å². The molecular weight excluding hydrogens is 350 g/mol. The van der Waals surface area contributed by atoms with Gasteiger partial charge in [0.1, 0.15) is 11.3 Å². The number of carbonyl (C=O) groups is 3. The number of hydrogen-bond donors (Lipinski definition) is 1. The second kappa shape index (κ2) is 8.65. The number of hydrazine groups is 1. The Morgan fingerprint density at radius 2 is 2.12 bits per heavy atom. The van der Waals surface area contributed by atoms with Crippen molar-refractivity contribution < 1.29 is 38.8 Å². The van der Waals surface area contributed by atoms with Gasteiger partial charge in [-0.3, -0.25) is 4.79 Å². The molecule has 0 saturated carbocycles. The van der Waals surface area contributed by atoms with Crippen LogP contribution >= 0.6 is 0 Å². The maximum atomic E-state index is 12.0. The Bertz CT molecular complexity index is 721. The molecule has 0 spiro atoms. The molecule has 1 aromatic carbocycles. The number of para-hydroxylation sites is 1. The van der Waals surface area contributed by atoms with Gasteiger partial charge in [-0.15, -0.1) is 5.01 Å². The molecule has 2 rings (SSSR count). The minimum atomic E-state index is -1.13. The van der Waals surface area contributed by atoms with Crippen LogP contribution in [0.25, 0.3) is 0 Å². The predicted octanol–water partition coefficient (Wildman–Crippen LogP) is 1.08. The highest BCUT2D eigenvalue weighted by Crippen LogP contribution is 2.19. The minimum absolute atomic E-state index is 0.00392. The van der Waals surface area contributed by atoms with E-state index in [-0.39, 0.29) is 22.8 Å². The van der Waals surface area contributed by atoms with Crippen LogP contribution in [0.3, 0.4) is 0 Å². The molecule has 11 nitrogen and oxygen atoms in total. The van der Waals surface area contributed by atoms with Crippen molar-refractivity contribution in [2.24, 2.45) is 5.28 Å². The first kappa shape index (κ1) is 19.0. The summed E-state index contributed by atoms with van der Waals surface area (Å²) in [5.41, 5.74) is -0.00392. The summed E-state index contributed by atoms with van der Waals surface area (Å²) in [5, 5.41) is 24.9. The Morgan fingerprint density at radius 1 is 1.38 bits per heavy atom. The third kappa shape index (κ3) is 4.82. The van der Waals surface area contributed by atoms with E-state index in [4.69, 9.17) is 14.6 Å². The standard InChI is InChI=1S/C15H17N3O8/c1-10(19)26-13-7-3-2-5-11(13)15(22)24-9-25-16-18(23)17-8-4-6-12(17)14(20)21/h2-3,5,7,12H,4,6,8-9H2,1H3,(H,20,21)/b18-16-/t12-/m0/s1. The molecule has 1 aromatic rings. The van der Waals surface area contributed by atoms with E-state index in [9.17, 15) is 19.6 Å². The van der Waals surface area contributed by atoms with Gasteiger partial charge in [0.15, 0.2) is 6.04 Å². The van der Waals surface area contributed by atoms with Crippen LogP contribution in [0.15, 0.2) is 29.5 Å². The Hall–Kier alpha value is -3.37. The predicted molar refractivity (Wildman–Crippen MR) is 82.5 cm³/mol. The van der Waals surface area contributed by atoms with Crippen LogP contribution in [0.5, 0.6) is 5.75 Å². The van der Waals surface area contributed by atoms with Crippen molar-refractivity contribution >= 4 is 17.9 Å². The van der Waals surface area contributed by atoms with Crippen LogP contribution in [0, 0.1) is 5.21 Å². The first-order valence-corrected chi connectivity index (χ1v) is 7.64. The number of carboxylic acid groups (broad SMARTS) is 1. The number of carboxylic acids is 1. The zero-order valence-corrected chi connectivity index (χ0v) is 13.9. The third-order valence-electron chi connectivity index (χ3n) is 3.46. The van der Waals surface area contributed by atoms with Crippen LogP contribution in [-0.2, 0) is 19.2 Å². The maximum Gasteiger partial charge on any atom is 0.344 e. The minimum Gasteiger partial charge on any atom is -0.569 e. The summed E-state index contributed by atoms with van der Waals surface area (Å²) >= 11 is 0. The summed E-state index contributed by atoms with van der Waals surface area (Å²) in [5.74, 6) is -2.56. The van der Waals surface area contributed by atoms with Crippen LogP contribution in [0.4, 0.5) is 0 Å². The molecule has 1 fully saturated rings. The molecule has 0 aliphatic carbocycles. The highest BCUT2D eigenvalue weighted by atomic mass is 16.8. The van der Waals surface area contributed by atoms with Gasteiger partial charge in [0, 0.05) is 6.92 Å². The Balaban J connectivity index is 1.89. The average Bonchev–Trinajstić information content (AvgIpc) is 3.08. The molecule has 0 amide bonds. The van der Waals surface area contributed by atoms with Crippen molar-refractivity contribution in [3.05, 3.63) is 35.0 Å². The number of rotatable bonds is 7. The summed E-state index contributed by atoms with van der Waals surface area (Å²) in [6, 6.07) is 4.96. The fraction of sp³-hybridized carbons (Fsp3) is 0.400. The largest absolute Gasteiger partial charge is 0.569 e. The molecule has 0 unspecified atom stereocenters. The fourth-order valence-corrected chi connectivity index (χ4v) is 2.36. The molecule has 1 atom stereocenters. The molecule has 0 radical (unpaired) electrons. The van der Waals surface area contributed by atoms with Gasteiger partial charge >= 0.3 is 17.9 Å². The van der Waals surface area contributed by atoms with Crippen molar-refractivity contribution in [3.8, 4) is 5.75 Å². The van der Waals surface area contributed by atoms with Crippen LogP contribution in [-0.4, -0.2) is 52.4 Å². The number of benzene rings is 1. The lowest BCUT2D eigenvalue weighted by Gasteiger charge is -2.16. The van der Waals surface area contributed by atoms with Gasteiger partial charge in [-0.05, 0) is 25.0 Å². The SMILES string of the molecule is CC(=O)Oc1ccccc1C(=O)OCO/N=[N+](\[O-])N1CCC[C@H]1C(=O)O. The zero-order chi connectivity index (χ0) is 19.1. The maximum absolute atomic E-state index is 12.0. The lowest BCUT2D eigenvalue weighted by atomic mass is 10.2. The molecule has 11 heteroatoms. The molecule has 0 aromatic heterocycles. The Morgan fingerprint density at radius 3 is 2.81 bits per heavy atom. The van der Waals surface area contributed by atoms with E-state index in [0.717, 1.165) is 5.01 Å². The first-order valence-electron chi connectivity index (χ1n) is 7.64. The van der Waals surface area contributed by atoms with Crippen LogP contribution < -0.4 is 4.74 Å². The van der Waals surface area contributed by atoms with Crippen molar-refractivity contribution in [1.82, 2.24) is 5.01 Å². The van der Waals surface area contributed by atoms with E-state index in [1.807, 2.05) is 0 Å². The molecule has 1 heterocycles. The average molecular weight is 367 g/mol. The zero-order valence-electron chi connectivity index (χ0n) is 13.9. The highest BCUT2D eigenvalue weighted by molar-refractivity contribution is 5.93. The lowest BCUT2D eigenvalue weighted by Crippen LogP contribution is -2.40. The summed E-state index contributed by atoms with van der Waals surface area (Å²) in [6.07, 6.45) is 0.860. The number of carbonyl (C=O) groups excluding carboxylic acids is 2. The third-order valence-corrected chi connectivity index (χ3v) is 3.46. The first-order chi connectivity index (χ1) is 12.4. The van der Waals surface area contributed by atoms with Gasteiger partial charge in [0.25, 0.3) is 6.79 Å². The Kier molecular flexibility index (Phi) is 6.31. The number of nitrogens with zero attached hydrogens (tertiary/aromatic N) is 3. The quantitative estimate of drug-likeness (QED) is 0.142. The molecule has 1 aliphatic rings. The molecule has 1 saturated heterocycles. The molecule has 0 bridgehead atoms. The molecule has 140 valence electrons. The molecular formula is C15H17N3O8. The van der Waals surface area contributed by atoms with Gasteiger partial charge in [-0.25, -0.2) is 9.59 Å². The van der Waals surface area contributed by atoms with Crippen LogP contribution in [0.2, 0.25) is 0 Å². The number of ether oxygens (including phenoxy) is 2. The van der Waals surface area contributed by atoms with E-state index in [2.05, 4.69) is 10.1 Å².